The van der Waals surface area contributed by atoms with Crippen LogP contribution in [0, 0.1) is 11.3 Å². The summed E-state index contributed by atoms with van der Waals surface area (Å²) in [5.74, 6) is 1.68. The molecule has 0 saturated carbocycles. The number of hydrogen-bond acceptors (Lipinski definition) is 5. The zero-order valence-electron chi connectivity index (χ0n) is 37.7. The van der Waals surface area contributed by atoms with Crippen LogP contribution in [0.4, 0.5) is 34.1 Å². The van der Waals surface area contributed by atoms with Crippen molar-refractivity contribution in [3.8, 4) is 17.6 Å². The van der Waals surface area contributed by atoms with Crippen LogP contribution in [0.5, 0.6) is 11.5 Å². The molecule has 324 valence electrons. The first-order chi connectivity index (χ1) is 32.6. The Kier molecular flexibility index (Phi) is 12.2. The first kappa shape index (κ1) is 42.2. The van der Waals surface area contributed by atoms with Crippen molar-refractivity contribution in [3.63, 3.8) is 0 Å². The molecule has 0 amide bonds. The lowest BCUT2D eigenvalue weighted by Gasteiger charge is -2.30. The largest absolute Gasteiger partial charge is 0.497 e. The molecule has 0 N–H and O–H groups in total. The molecule has 66 heavy (non-hydrogen) atoms. The Labute approximate surface area is 389 Å². The molecular weight excluding hydrogens is 807 g/mol. The molecule has 0 saturated heterocycles. The second kappa shape index (κ2) is 19.1. The van der Waals surface area contributed by atoms with Gasteiger partial charge < -0.3 is 19.3 Å². The van der Waals surface area contributed by atoms with Crippen LogP contribution in [0.2, 0.25) is 0 Å². The highest BCUT2D eigenvalue weighted by atomic mass is 16.5. The number of aryl methyl sites for hydroxylation is 2. The minimum atomic E-state index is 0.673. The SMILES string of the molecule is COc1ccc(N(c2ccc(/C=C/c3ccc4c(C#N)c(/C=C/c5ccc(N(c6ccc(OC)cc6)c6cccc7c6CCCC7)cc5)ccc4c3)cc2)c2cccc3c2CCCC3)cc1. The summed E-state index contributed by atoms with van der Waals surface area (Å²) >= 11 is 0. The van der Waals surface area contributed by atoms with Gasteiger partial charge in [-0.2, -0.15) is 5.26 Å². The van der Waals surface area contributed by atoms with Crippen LogP contribution >= 0.6 is 0 Å². The van der Waals surface area contributed by atoms with Crippen LogP contribution in [0.1, 0.15) is 75.8 Å². The summed E-state index contributed by atoms with van der Waals surface area (Å²) in [6, 6.07) is 60.6. The predicted octanol–water partition coefficient (Wildman–Crippen LogP) is 15.8. The molecule has 0 atom stereocenters. The Morgan fingerprint density at radius 1 is 0.455 bits per heavy atom. The van der Waals surface area contributed by atoms with E-state index in [0.717, 1.165) is 93.0 Å². The second-order valence-electron chi connectivity index (χ2n) is 17.3. The van der Waals surface area contributed by atoms with E-state index in [9.17, 15) is 5.26 Å². The first-order valence-corrected chi connectivity index (χ1v) is 23.2. The minimum absolute atomic E-state index is 0.673. The maximum absolute atomic E-state index is 10.4. The molecule has 5 heteroatoms. The quantitative estimate of drug-likeness (QED) is 0.115. The molecule has 5 nitrogen and oxygen atoms in total. The maximum Gasteiger partial charge on any atom is 0.119 e. The van der Waals surface area contributed by atoms with Crippen LogP contribution < -0.4 is 19.3 Å². The van der Waals surface area contributed by atoms with Crippen LogP contribution in [0.25, 0.3) is 35.1 Å². The number of rotatable bonds is 12. The van der Waals surface area contributed by atoms with E-state index in [1.165, 1.54) is 59.3 Å². The molecule has 2 aliphatic rings. The molecule has 8 aromatic rings. The highest BCUT2D eigenvalue weighted by Crippen LogP contribution is 2.42. The molecular formula is C61H53N3O2. The molecule has 8 aromatic carbocycles. The van der Waals surface area contributed by atoms with Gasteiger partial charge in [0.05, 0.1) is 19.8 Å². The Hall–Kier alpha value is -7.81. The van der Waals surface area contributed by atoms with E-state index in [-0.39, 0.29) is 0 Å². The normalized spacial score (nSPS) is 13.3. The van der Waals surface area contributed by atoms with Crippen molar-refractivity contribution >= 4 is 69.2 Å². The van der Waals surface area contributed by atoms with Gasteiger partial charge in [-0.05, 0) is 192 Å². The third kappa shape index (κ3) is 8.71. The Morgan fingerprint density at radius 3 is 1.38 bits per heavy atom. The molecule has 0 aromatic heterocycles. The van der Waals surface area contributed by atoms with Gasteiger partial charge in [0.1, 0.15) is 17.6 Å². The van der Waals surface area contributed by atoms with Crippen LogP contribution in [0.3, 0.4) is 0 Å². The van der Waals surface area contributed by atoms with Gasteiger partial charge >= 0.3 is 0 Å². The average molecular weight is 860 g/mol. The summed E-state index contributed by atoms with van der Waals surface area (Å²) in [5, 5.41) is 12.4. The smallest absolute Gasteiger partial charge is 0.119 e. The van der Waals surface area contributed by atoms with Gasteiger partial charge in [0.2, 0.25) is 0 Å². The monoisotopic (exact) mass is 859 g/mol. The highest BCUT2D eigenvalue weighted by molar-refractivity contribution is 5.94. The molecule has 0 aliphatic heterocycles. The molecule has 10 rings (SSSR count). The number of anilines is 6. The number of nitrogens with zero attached hydrogens (tertiary/aromatic N) is 3. The molecule has 0 heterocycles. The fourth-order valence-electron chi connectivity index (χ4n) is 9.84. The molecule has 0 fully saturated rings. The van der Waals surface area contributed by atoms with E-state index in [1.807, 2.05) is 24.3 Å². The number of ether oxygens (including phenoxy) is 2. The molecule has 2 aliphatic carbocycles. The van der Waals surface area contributed by atoms with Gasteiger partial charge in [-0.1, -0.05) is 97.1 Å². The number of benzene rings is 8. The van der Waals surface area contributed by atoms with E-state index >= 15 is 0 Å². The number of fused-ring (bicyclic) bond motifs is 3. The van der Waals surface area contributed by atoms with Gasteiger partial charge in [-0.3, -0.25) is 0 Å². The predicted molar refractivity (Wildman–Crippen MR) is 275 cm³/mol. The zero-order chi connectivity index (χ0) is 44.8. The van der Waals surface area contributed by atoms with E-state index < -0.39 is 0 Å². The topological polar surface area (TPSA) is 48.7 Å². The van der Waals surface area contributed by atoms with E-state index in [0.29, 0.717) is 5.56 Å². The van der Waals surface area contributed by atoms with Gasteiger partial charge in [-0.15, -0.1) is 0 Å². The lowest BCUT2D eigenvalue weighted by molar-refractivity contribution is 0.414. The lowest BCUT2D eigenvalue weighted by atomic mass is 9.90. The summed E-state index contributed by atoms with van der Waals surface area (Å²) in [7, 11) is 3.41. The van der Waals surface area contributed by atoms with Crippen molar-refractivity contribution in [2.75, 3.05) is 24.0 Å². The van der Waals surface area contributed by atoms with Gasteiger partial charge in [0, 0.05) is 39.5 Å². The average Bonchev–Trinajstić information content (AvgIpc) is 3.38. The summed E-state index contributed by atoms with van der Waals surface area (Å²) in [5.41, 5.74) is 17.5. The lowest BCUT2D eigenvalue weighted by Crippen LogP contribution is -2.15. The fraction of sp³-hybridized carbons (Fsp3) is 0.164. The Morgan fingerprint density at radius 2 is 0.894 bits per heavy atom. The standard InChI is InChI=1S/C61H53N3O2/c1-65-54-36-32-52(33-37-54)63(60-15-7-11-46-9-3-5-13-57(46)60)50-28-20-43(21-29-50)17-18-45-24-40-56-49(41-45)27-26-48(59(56)42-62)25-19-44-22-30-51(31-23-44)64(53-34-38-55(66-2)39-35-53)61-16-8-12-47-10-4-6-14-58(47)61/h7-8,11-12,15-41H,3-6,9-10,13-14H2,1-2H3/b18-17+,25-19+. The van der Waals surface area contributed by atoms with E-state index in [1.54, 1.807) is 14.2 Å². The van der Waals surface area contributed by atoms with Crippen molar-refractivity contribution in [1.82, 2.24) is 0 Å². The highest BCUT2D eigenvalue weighted by Gasteiger charge is 2.22. The van der Waals surface area contributed by atoms with E-state index in [4.69, 9.17) is 9.47 Å². The van der Waals surface area contributed by atoms with Crippen LogP contribution in [-0.4, -0.2) is 14.2 Å². The van der Waals surface area contributed by atoms with Crippen molar-refractivity contribution in [1.29, 1.82) is 5.26 Å². The van der Waals surface area contributed by atoms with Crippen molar-refractivity contribution in [3.05, 3.63) is 214 Å². The fourth-order valence-corrected chi connectivity index (χ4v) is 9.84. The number of methoxy groups -OCH3 is 2. The number of hydrogen-bond donors (Lipinski definition) is 0. The van der Waals surface area contributed by atoms with Gasteiger partial charge in [0.25, 0.3) is 0 Å². The van der Waals surface area contributed by atoms with Crippen molar-refractivity contribution in [2.24, 2.45) is 0 Å². The van der Waals surface area contributed by atoms with Crippen LogP contribution in [0.15, 0.2) is 164 Å². The maximum atomic E-state index is 10.4. The van der Waals surface area contributed by atoms with E-state index in [2.05, 4.69) is 180 Å². The third-order valence-corrected chi connectivity index (χ3v) is 13.3. The summed E-state index contributed by atoms with van der Waals surface area (Å²) in [6.45, 7) is 0. The zero-order valence-corrected chi connectivity index (χ0v) is 37.7. The van der Waals surface area contributed by atoms with Crippen molar-refractivity contribution in [2.45, 2.75) is 51.4 Å². The summed E-state index contributed by atoms with van der Waals surface area (Å²) < 4.78 is 11.0. The minimum Gasteiger partial charge on any atom is -0.497 e. The van der Waals surface area contributed by atoms with Crippen LogP contribution in [-0.2, 0) is 25.7 Å². The summed E-state index contributed by atoms with van der Waals surface area (Å²) in [6.07, 6.45) is 17.8. The first-order valence-electron chi connectivity index (χ1n) is 23.2. The molecule has 0 bridgehead atoms. The third-order valence-electron chi connectivity index (χ3n) is 13.3. The molecule has 0 radical (unpaired) electrons. The number of nitriles is 1. The Bertz CT molecular complexity index is 3100. The summed E-state index contributed by atoms with van der Waals surface area (Å²) in [4.78, 5) is 4.74. The van der Waals surface area contributed by atoms with Gasteiger partial charge in [-0.25, -0.2) is 0 Å². The second-order valence-corrected chi connectivity index (χ2v) is 17.3. The van der Waals surface area contributed by atoms with Gasteiger partial charge in [0.15, 0.2) is 0 Å². The molecule has 0 unspecified atom stereocenters. The molecule has 0 spiro atoms. The Balaban J connectivity index is 0.874. The van der Waals surface area contributed by atoms with Crippen molar-refractivity contribution < 1.29 is 9.47 Å².